The van der Waals surface area contributed by atoms with Crippen LogP contribution in [0.1, 0.15) is 22.6 Å². The van der Waals surface area contributed by atoms with Crippen LogP contribution >= 0.6 is 35.0 Å². The first-order valence-corrected chi connectivity index (χ1v) is 11.0. The summed E-state index contributed by atoms with van der Waals surface area (Å²) in [7, 11) is 0. The molecule has 5 nitrogen and oxygen atoms in total. The summed E-state index contributed by atoms with van der Waals surface area (Å²) in [5.41, 5.74) is 2.64. The molecule has 0 fully saturated rings. The fraction of sp³-hybridized carbons (Fsp3) is 0.136. The number of rotatable bonds is 4. The lowest BCUT2D eigenvalue weighted by atomic mass is 10.2. The molecule has 0 spiro atoms. The quantitative estimate of drug-likeness (QED) is 0.408. The van der Waals surface area contributed by atoms with Gasteiger partial charge >= 0.3 is 0 Å². The number of carbonyl (C=O) groups is 1. The first-order chi connectivity index (χ1) is 14.8. The molecule has 1 aliphatic rings. The van der Waals surface area contributed by atoms with Gasteiger partial charge in [-0.15, -0.1) is 0 Å². The van der Waals surface area contributed by atoms with Crippen molar-refractivity contribution in [1.29, 1.82) is 0 Å². The number of para-hydroxylation sites is 1. The lowest BCUT2D eigenvalue weighted by Gasteiger charge is -2.18. The number of halogens is 3. The highest BCUT2D eigenvalue weighted by Gasteiger charge is 2.33. The van der Waals surface area contributed by atoms with Crippen molar-refractivity contribution in [3.05, 3.63) is 86.6 Å². The number of aryl methyl sites for hydroxylation is 2. The molecule has 9 heteroatoms. The number of amidine groups is 1. The summed E-state index contributed by atoms with van der Waals surface area (Å²) >= 11 is 13.4. The molecule has 31 heavy (non-hydrogen) atoms. The van der Waals surface area contributed by atoms with Gasteiger partial charge in [0.2, 0.25) is 0 Å². The molecule has 1 aromatic heterocycles. The zero-order valence-corrected chi connectivity index (χ0v) is 18.9. The molecule has 1 aliphatic heterocycles. The summed E-state index contributed by atoms with van der Waals surface area (Å²) < 4.78 is 19.8. The maximum absolute atomic E-state index is 14.5. The zero-order valence-electron chi connectivity index (χ0n) is 16.5. The Kier molecular flexibility index (Phi) is 6.18. The first kappa shape index (κ1) is 21.6. The van der Waals surface area contributed by atoms with Gasteiger partial charge in [-0.2, -0.15) is 0 Å². The van der Waals surface area contributed by atoms with Crippen molar-refractivity contribution in [2.45, 2.75) is 19.6 Å². The van der Waals surface area contributed by atoms with Gasteiger partial charge in [0.25, 0.3) is 5.91 Å². The second kappa shape index (κ2) is 8.86. The molecule has 0 saturated carbocycles. The summed E-state index contributed by atoms with van der Waals surface area (Å²) in [5.74, 6) is 0.215. The second-order valence-corrected chi connectivity index (χ2v) is 8.54. The molecule has 0 bridgehead atoms. The third-order valence-corrected chi connectivity index (χ3v) is 6.40. The van der Waals surface area contributed by atoms with Gasteiger partial charge in [0.05, 0.1) is 21.4 Å². The highest BCUT2D eigenvalue weighted by Crippen LogP contribution is 2.33. The fourth-order valence-electron chi connectivity index (χ4n) is 3.04. The highest BCUT2D eigenvalue weighted by atomic mass is 35.5. The molecule has 3 aromatic rings. The predicted octanol–water partition coefficient (Wildman–Crippen LogP) is 6.41. The summed E-state index contributed by atoms with van der Waals surface area (Å²) in [6.07, 6.45) is 1.60. The maximum atomic E-state index is 14.5. The van der Waals surface area contributed by atoms with Crippen LogP contribution in [0.5, 0.6) is 0 Å². The van der Waals surface area contributed by atoms with E-state index in [0.717, 1.165) is 11.3 Å². The monoisotopic (exact) mass is 475 g/mol. The lowest BCUT2D eigenvalue weighted by Crippen LogP contribution is -2.31. The second-order valence-electron chi connectivity index (χ2n) is 6.78. The predicted molar refractivity (Wildman–Crippen MR) is 123 cm³/mol. The van der Waals surface area contributed by atoms with Crippen molar-refractivity contribution in [3.63, 3.8) is 0 Å². The number of benzene rings is 2. The van der Waals surface area contributed by atoms with Crippen molar-refractivity contribution in [2.75, 3.05) is 4.90 Å². The SMILES string of the molecule is Cc1noc(C)c1CSC1=NC(=Cc2ccc(Cl)c(Cl)c2)C(=O)N1c1ccccc1F. The number of carbonyl (C=O) groups excluding carboxylic acids is 1. The molecular formula is C22H16Cl2FN3O2S. The summed E-state index contributed by atoms with van der Waals surface area (Å²) in [5, 5.41) is 5.09. The van der Waals surface area contributed by atoms with Crippen molar-refractivity contribution in [2.24, 2.45) is 4.99 Å². The number of amides is 1. The van der Waals surface area contributed by atoms with Gasteiger partial charge in [-0.3, -0.25) is 9.69 Å². The van der Waals surface area contributed by atoms with Gasteiger partial charge in [-0.25, -0.2) is 9.38 Å². The Bertz CT molecular complexity index is 1220. The van der Waals surface area contributed by atoms with Crippen LogP contribution in [0.4, 0.5) is 10.1 Å². The van der Waals surface area contributed by atoms with Crippen LogP contribution in [0.15, 0.2) is 57.7 Å². The normalized spacial score (nSPS) is 15.1. The number of thioether (sulfide) groups is 1. The van der Waals surface area contributed by atoms with E-state index in [4.69, 9.17) is 27.7 Å². The molecule has 2 aromatic carbocycles. The third-order valence-electron chi connectivity index (χ3n) is 4.70. The minimum atomic E-state index is -0.516. The molecule has 4 rings (SSSR count). The standard InChI is InChI=1S/C22H16Cl2FN3O2S/c1-12-15(13(2)30-27-12)11-31-22-26-19(10-14-7-8-16(23)17(24)9-14)21(29)28(22)20-6-4-3-5-18(20)25/h3-10H,11H2,1-2H3. The van der Waals surface area contributed by atoms with E-state index in [-0.39, 0.29) is 11.4 Å². The van der Waals surface area contributed by atoms with Crippen LogP contribution in [-0.4, -0.2) is 16.2 Å². The largest absolute Gasteiger partial charge is 0.361 e. The average Bonchev–Trinajstić information content (AvgIpc) is 3.22. The van der Waals surface area contributed by atoms with E-state index in [2.05, 4.69) is 10.1 Å². The van der Waals surface area contributed by atoms with E-state index in [1.165, 1.54) is 22.7 Å². The Morgan fingerprint density at radius 1 is 1.16 bits per heavy atom. The van der Waals surface area contributed by atoms with Gasteiger partial charge in [-0.1, -0.05) is 58.3 Å². The molecule has 0 atom stereocenters. The Morgan fingerprint density at radius 2 is 1.94 bits per heavy atom. The van der Waals surface area contributed by atoms with Gasteiger partial charge in [-0.05, 0) is 49.8 Å². The van der Waals surface area contributed by atoms with Crippen molar-refractivity contribution in [3.8, 4) is 0 Å². The number of hydrogen-bond donors (Lipinski definition) is 0. The van der Waals surface area contributed by atoms with Gasteiger partial charge in [0.15, 0.2) is 5.17 Å². The number of nitrogens with zero attached hydrogens (tertiary/aromatic N) is 3. The molecule has 158 valence electrons. The van der Waals surface area contributed by atoms with E-state index in [9.17, 15) is 9.18 Å². The van der Waals surface area contributed by atoms with Crippen molar-refractivity contribution >= 4 is 57.8 Å². The van der Waals surface area contributed by atoms with Crippen LogP contribution < -0.4 is 4.90 Å². The van der Waals surface area contributed by atoms with Crippen LogP contribution in [-0.2, 0) is 10.5 Å². The smallest absolute Gasteiger partial charge is 0.283 e. The Morgan fingerprint density at radius 3 is 2.61 bits per heavy atom. The molecule has 0 unspecified atom stereocenters. The number of anilines is 1. The van der Waals surface area contributed by atoms with E-state index < -0.39 is 11.7 Å². The van der Waals surface area contributed by atoms with E-state index >= 15 is 0 Å². The Labute approximate surface area is 192 Å². The summed E-state index contributed by atoms with van der Waals surface area (Å²) in [4.78, 5) is 19.0. The van der Waals surface area contributed by atoms with Crippen LogP contribution in [0.3, 0.4) is 0 Å². The number of aliphatic imine (C=N–C) groups is 1. The topological polar surface area (TPSA) is 58.7 Å². The third kappa shape index (κ3) is 4.39. The molecule has 0 aliphatic carbocycles. The van der Waals surface area contributed by atoms with Gasteiger partial charge in [0.1, 0.15) is 17.3 Å². The number of hydrogen-bond acceptors (Lipinski definition) is 5. The highest BCUT2D eigenvalue weighted by molar-refractivity contribution is 8.13. The number of aromatic nitrogens is 1. The van der Waals surface area contributed by atoms with E-state index in [1.807, 2.05) is 13.8 Å². The molecular weight excluding hydrogens is 460 g/mol. The fourth-order valence-corrected chi connectivity index (χ4v) is 4.51. The molecule has 0 radical (unpaired) electrons. The summed E-state index contributed by atoms with van der Waals surface area (Å²) in [6, 6.07) is 11.1. The van der Waals surface area contributed by atoms with Crippen LogP contribution in [0, 0.1) is 19.7 Å². The van der Waals surface area contributed by atoms with Crippen molar-refractivity contribution < 1.29 is 13.7 Å². The van der Waals surface area contributed by atoms with E-state index in [1.54, 1.807) is 42.5 Å². The van der Waals surface area contributed by atoms with E-state index in [0.29, 0.717) is 32.3 Å². The minimum Gasteiger partial charge on any atom is -0.361 e. The molecule has 1 amide bonds. The lowest BCUT2D eigenvalue weighted by molar-refractivity contribution is -0.113. The molecule has 2 heterocycles. The van der Waals surface area contributed by atoms with Gasteiger partial charge in [0, 0.05) is 11.3 Å². The minimum absolute atomic E-state index is 0.134. The average molecular weight is 476 g/mol. The maximum Gasteiger partial charge on any atom is 0.283 e. The van der Waals surface area contributed by atoms with Crippen LogP contribution in [0.25, 0.3) is 6.08 Å². The molecule has 0 N–H and O–H groups in total. The Balaban J connectivity index is 1.72. The van der Waals surface area contributed by atoms with Crippen LogP contribution in [0.2, 0.25) is 10.0 Å². The first-order valence-electron chi connectivity index (χ1n) is 9.24. The Hall–Kier alpha value is -2.61. The zero-order chi connectivity index (χ0) is 22.1. The van der Waals surface area contributed by atoms with Crippen molar-refractivity contribution in [1.82, 2.24) is 5.16 Å². The van der Waals surface area contributed by atoms with Gasteiger partial charge < -0.3 is 4.52 Å². The summed E-state index contributed by atoms with van der Waals surface area (Å²) in [6.45, 7) is 3.67. The molecule has 0 saturated heterocycles.